The minimum Gasteiger partial charge on any atom is -0.367 e. The van der Waals surface area contributed by atoms with E-state index in [0.717, 1.165) is 17.0 Å². The highest BCUT2D eigenvalue weighted by Crippen LogP contribution is 2.31. The summed E-state index contributed by atoms with van der Waals surface area (Å²) in [6.07, 6.45) is 9.07. The van der Waals surface area contributed by atoms with Crippen molar-refractivity contribution in [3.05, 3.63) is 52.3 Å². The predicted molar refractivity (Wildman–Crippen MR) is 113 cm³/mol. The Morgan fingerprint density at radius 3 is 2.35 bits per heavy atom. The van der Waals surface area contributed by atoms with E-state index in [2.05, 4.69) is 11.8 Å². The normalized spacial score (nSPS) is 12.0. The molecule has 162 valence electrons. The molecule has 1 unspecified atom stereocenters. The molecule has 8 heteroatoms. The first kappa shape index (κ1) is 23.7. The van der Waals surface area contributed by atoms with Gasteiger partial charge in [-0.15, -0.1) is 12.8 Å². The third-order valence-electron chi connectivity index (χ3n) is 5.11. The number of terminal acetylenes is 2. The fraction of sp³-hybridized carbons (Fsp3) is 0.304. The Balaban J connectivity index is 2.68. The summed E-state index contributed by atoms with van der Waals surface area (Å²) < 4.78 is 28.7. The van der Waals surface area contributed by atoms with Crippen LogP contribution in [-0.4, -0.2) is 33.1 Å². The van der Waals surface area contributed by atoms with E-state index in [9.17, 15) is 23.5 Å². The molecule has 1 amide bonds. The molecule has 6 nitrogen and oxygen atoms in total. The van der Waals surface area contributed by atoms with Gasteiger partial charge in [0.1, 0.15) is 5.69 Å². The number of benzene rings is 1. The number of carbonyl (C=O) groups is 2. The Labute approximate surface area is 179 Å². The van der Waals surface area contributed by atoms with Gasteiger partial charge in [-0.1, -0.05) is 11.8 Å². The average Bonchev–Trinajstić information content (AvgIpc) is 2.94. The van der Waals surface area contributed by atoms with E-state index < -0.39 is 35.1 Å². The van der Waals surface area contributed by atoms with E-state index in [1.54, 1.807) is 6.92 Å². The summed E-state index contributed by atoms with van der Waals surface area (Å²) in [5.74, 6) is 0.978. The smallest absolute Gasteiger partial charge is 0.265 e. The van der Waals surface area contributed by atoms with E-state index in [1.165, 1.54) is 31.4 Å². The third kappa shape index (κ3) is 4.16. The lowest BCUT2D eigenvalue weighted by atomic mass is 9.98. The minimum atomic E-state index is -1.88. The first-order valence-electron chi connectivity index (χ1n) is 9.26. The molecule has 0 spiro atoms. The average molecular weight is 427 g/mol. The van der Waals surface area contributed by atoms with Crippen molar-refractivity contribution in [3.63, 3.8) is 0 Å². The number of nitrogens with two attached hydrogens (primary N) is 1. The molecular formula is C23H23F2N3O3. The highest BCUT2D eigenvalue weighted by molar-refractivity contribution is 6.06. The van der Waals surface area contributed by atoms with Crippen LogP contribution in [0.4, 0.5) is 14.5 Å². The van der Waals surface area contributed by atoms with Gasteiger partial charge in [0.15, 0.2) is 17.9 Å². The lowest BCUT2D eigenvalue weighted by molar-refractivity contribution is 0.0711. The van der Waals surface area contributed by atoms with Crippen molar-refractivity contribution >= 4 is 17.4 Å². The zero-order valence-corrected chi connectivity index (χ0v) is 17.7. The molecule has 1 aromatic heterocycles. The van der Waals surface area contributed by atoms with Crippen LogP contribution in [0.3, 0.4) is 0 Å². The Morgan fingerprint density at radius 2 is 1.87 bits per heavy atom. The summed E-state index contributed by atoms with van der Waals surface area (Å²) in [5, 5.41) is 11.0. The van der Waals surface area contributed by atoms with Gasteiger partial charge in [-0.25, -0.2) is 8.78 Å². The Kier molecular flexibility index (Phi) is 6.58. The molecule has 0 aliphatic rings. The molecule has 31 heavy (non-hydrogen) atoms. The standard InChI is InChI=1S/C23H23F2N3O3/c1-7-11-27-14(4)18(13(3)19(27)21(26)30)20(29)22(31)28(23(5,6)8-2)15-9-10-16(24)17(25)12-15/h1-2,9-10,12,22,31H,11H2,3-6H3,(H2,26,30). The molecule has 0 radical (unpaired) electrons. The van der Waals surface area contributed by atoms with Crippen molar-refractivity contribution < 1.29 is 23.5 Å². The molecule has 2 rings (SSSR count). The van der Waals surface area contributed by atoms with Crippen LogP contribution in [0.1, 0.15) is 46.0 Å². The van der Waals surface area contributed by atoms with Gasteiger partial charge in [0.25, 0.3) is 5.91 Å². The third-order valence-corrected chi connectivity index (χ3v) is 5.11. The van der Waals surface area contributed by atoms with Gasteiger partial charge in [-0.2, -0.15) is 0 Å². The number of ketones is 1. The fourth-order valence-corrected chi connectivity index (χ4v) is 3.59. The molecule has 0 bridgehead atoms. The lowest BCUT2D eigenvalue weighted by Gasteiger charge is -2.39. The summed E-state index contributed by atoms with van der Waals surface area (Å²) in [6, 6.07) is 2.90. The molecule has 3 N–H and O–H groups in total. The lowest BCUT2D eigenvalue weighted by Crippen LogP contribution is -2.53. The van der Waals surface area contributed by atoms with Crippen LogP contribution in [0.25, 0.3) is 0 Å². The van der Waals surface area contributed by atoms with E-state index in [4.69, 9.17) is 18.6 Å². The molecule has 1 atom stereocenters. The highest BCUT2D eigenvalue weighted by Gasteiger charge is 2.38. The number of aliphatic hydroxyl groups is 1. The van der Waals surface area contributed by atoms with Crippen LogP contribution >= 0.6 is 0 Å². The molecular weight excluding hydrogens is 404 g/mol. The largest absolute Gasteiger partial charge is 0.367 e. The number of primary amides is 1. The van der Waals surface area contributed by atoms with Gasteiger partial charge in [-0.05, 0) is 45.4 Å². The van der Waals surface area contributed by atoms with Crippen LogP contribution in [0.5, 0.6) is 0 Å². The molecule has 0 aliphatic heterocycles. The number of rotatable bonds is 7. The second kappa shape index (κ2) is 8.63. The molecule has 0 aliphatic carbocycles. The monoisotopic (exact) mass is 427 g/mol. The number of Topliss-reactive ketones (excluding diaryl/α,β-unsaturated/α-hetero) is 1. The van der Waals surface area contributed by atoms with Crippen LogP contribution in [0, 0.1) is 50.2 Å². The first-order chi connectivity index (χ1) is 14.4. The van der Waals surface area contributed by atoms with E-state index in [0.29, 0.717) is 5.69 Å². The summed E-state index contributed by atoms with van der Waals surface area (Å²) in [7, 11) is 0. The minimum absolute atomic E-state index is 0.00353. The number of hydrogen-bond donors (Lipinski definition) is 2. The first-order valence-corrected chi connectivity index (χ1v) is 9.26. The molecule has 0 fully saturated rings. The van der Waals surface area contributed by atoms with Crippen molar-refractivity contribution in [3.8, 4) is 24.7 Å². The number of hydrogen-bond acceptors (Lipinski definition) is 4. The number of anilines is 1. The van der Waals surface area contributed by atoms with Crippen LogP contribution in [0.15, 0.2) is 18.2 Å². The number of halogens is 2. The number of aromatic nitrogens is 1. The zero-order valence-electron chi connectivity index (χ0n) is 17.7. The van der Waals surface area contributed by atoms with Crippen molar-refractivity contribution in [2.45, 2.75) is 46.0 Å². The molecule has 2 aromatic rings. The predicted octanol–water partition coefficient (Wildman–Crippen LogP) is 2.53. The Morgan fingerprint density at radius 1 is 1.26 bits per heavy atom. The van der Waals surface area contributed by atoms with E-state index in [1.807, 2.05) is 0 Å². The molecule has 0 saturated heterocycles. The zero-order chi connectivity index (χ0) is 23.7. The van der Waals surface area contributed by atoms with Crippen LogP contribution < -0.4 is 10.6 Å². The summed E-state index contributed by atoms with van der Waals surface area (Å²) in [6.45, 7) is 6.11. The molecule has 1 heterocycles. The van der Waals surface area contributed by atoms with Crippen LogP contribution in [-0.2, 0) is 6.54 Å². The quantitative estimate of drug-likeness (QED) is 0.404. The van der Waals surface area contributed by atoms with Crippen molar-refractivity contribution in [1.29, 1.82) is 0 Å². The second-order valence-electron chi connectivity index (χ2n) is 7.50. The SMILES string of the molecule is C#CCn1c(C)c(C(=O)C(O)N(c2ccc(F)c(F)c2)C(C)(C)C#C)c(C)c1C(N)=O. The summed E-state index contributed by atoms with van der Waals surface area (Å²) in [4.78, 5) is 26.4. The van der Waals surface area contributed by atoms with Gasteiger partial charge in [-0.3, -0.25) is 9.59 Å². The topological polar surface area (TPSA) is 88.6 Å². The number of nitrogens with zero attached hydrogens (tertiary/aromatic N) is 2. The molecule has 0 saturated carbocycles. The Hall–Kier alpha value is -3.62. The van der Waals surface area contributed by atoms with Crippen LogP contribution in [0.2, 0.25) is 0 Å². The van der Waals surface area contributed by atoms with E-state index >= 15 is 0 Å². The number of amides is 1. The summed E-state index contributed by atoms with van der Waals surface area (Å²) >= 11 is 0. The maximum absolute atomic E-state index is 13.9. The maximum Gasteiger partial charge on any atom is 0.265 e. The van der Waals surface area contributed by atoms with Gasteiger partial charge in [0, 0.05) is 23.0 Å². The number of carbonyl (C=O) groups excluding carboxylic acids is 2. The van der Waals surface area contributed by atoms with Gasteiger partial charge >= 0.3 is 0 Å². The van der Waals surface area contributed by atoms with Crippen molar-refractivity contribution in [2.24, 2.45) is 5.73 Å². The second-order valence-corrected chi connectivity index (χ2v) is 7.50. The fourth-order valence-electron chi connectivity index (χ4n) is 3.59. The van der Waals surface area contributed by atoms with Crippen molar-refractivity contribution in [2.75, 3.05) is 4.90 Å². The highest BCUT2D eigenvalue weighted by atomic mass is 19.2. The maximum atomic E-state index is 13.9. The molecule has 1 aromatic carbocycles. The summed E-state index contributed by atoms with van der Waals surface area (Å²) in [5.41, 5.74) is 4.84. The Bertz CT molecular complexity index is 1140. The van der Waals surface area contributed by atoms with Gasteiger partial charge in [0.2, 0.25) is 5.78 Å². The van der Waals surface area contributed by atoms with Crippen molar-refractivity contribution in [1.82, 2.24) is 4.57 Å². The van der Waals surface area contributed by atoms with Gasteiger partial charge < -0.3 is 20.3 Å². The van der Waals surface area contributed by atoms with Gasteiger partial charge in [0.05, 0.1) is 12.1 Å². The number of aliphatic hydroxyl groups excluding tert-OH is 1. The van der Waals surface area contributed by atoms with E-state index in [-0.39, 0.29) is 29.1 Å².